The van der Waals surface area contributed by atoms with Crippen molar-refractivity contribution in [3.8, 4) is 11.5 Å². The smallest absolute Gasteiger partial charge is 0.338 e. The fraction of sp³-hybridized carbons (Fsp3) is 0.263. The molecule has 26 heavy (non-hydrogen) atoms. The van der Waals surface area contributed by atoms with Gasteiger partial charge in [0.15, 0.2) is 6.61 Å². The average molecular weight is 378 g/mol. The minimum absolute atomic E-state index is 0.236. The highest BCUT2D eigenvalue weighted by Crippen LogP contribution is 2.23. The molecule has 1 amide bonds. The first kappa shape index (κ1) is 19.6. The first-order chi connectivity index (χ1) is 12.4. The normalized spacial score (nSPS) is 11.4. The Labute approximate surface area is 157 Å². The molecule has 0 radical (unpaired) electrons. The summed E-state index contributed by atoms with van der Waals surface area (Å²) in [5.41, 5.74) is 1.13. The molecule has 2 rings (SSSR count). The Morgan fingerprint density at radius 3 is 2.15 bits per heavy atom. The van der Waals surface area contributed by atoms with Crippen LogP contribution in [0.1, 0.15) is 28.9 Å². The van der Waals surface area contributed by atoms with Crippen molar-refractivity contribution >= 4 is 23.5 Å². The van der Waals surface area contributed by atoms with Crippen LogP contribution in [0.4, 0.5) is 0 Å². The fourth-order valence-corrected chi connectivity index (χ4v) is 2.38. The molecule has 1 N–H and O–H groups in total. The maximum atomic E-state index is 12.2. The van der Waals surface area contributed by atoms with Gasteiger partial charge in [-0.2, -0.15) is 0 Å². The molecule has 1 atom stereocenters. The van der Waals surface area contributed by atoms with Crippen LogP contribution in [0, 0.1) is 0 Å². The van der Waals surface area contributed by atoms with E-state index in [2.05, 4.69) is 5.32 Å². The summed E-state index contributed by atoms with van der Waals surface area (Å²) >= 11 is 5.85. The Balaban J connectivity index is 1.92. The highest BCUT2D eigenvalue weighted by Gasteiger charge is 2.15. The van der Waals surface area contributed by atoms with Crippen molar-refractivity contribution in [1.82, 2.24) is 5.32 Å². The molecule has 7 heteroatoms. The van der Waals surface area contributed by atoms with Crippen molar-refractivity contribution < 1.29 is 23.8 Å². The average Bonchev–Trinajstić information content (AvgIpc) is 2.65. The number of nitrogens with one attached hydrogen (secondary N) is 1. The summed E-state index contributed by atoms with van der Waals surface area (Å²) in [5, 5.41) is 3.38. The largest absolute Gasteiger partial charge is 0.497 e. The summed E-state index contributed by atoms with van der Waals surface area (Å²) < 4.78 is 15.3. The van der Waals surface area contributed by atoms with Crippen LogP contribution >= 0.6 is 11.6 Å². The van der Waals surface area contributed by atoms with E-state index in [9.17, 15) is 9.59 Å². The first-order valence-electron chi connectivity index (χ1n) is 7.88. The van der Waals surface area contributed by atoms with Gasteiger partial charge in [-0.1, -0.05) is 23.7 Å². The zero-order chi connectivity index (χ0) is 19.1. The lowest BCUT2D eigenvalue weighted by molar-refractivity contribution is -0.124. The van der Waals surface area contributed by atoms with Gasteiger partial charge in [0, 0.05) is 11.1 Å². The molecule has 0 aliphatic carbocycles. The van der Waals surface area contributed by atoms with Gasteiger partial charge in [-0.15, -0.1) is 0 Å². The van der Waals surface area contributed by atoms with Crippen LogP contribution in [0.3, 0.4) is 0 Å². The van der Waals surface area contributed by atoms with Crippen LogP contribution in [0.25, 0.3) is 0 Å². The van der Waals surface area contributed by atoms with Crippen molar-refractivity contribution in [2.45, 2.75) is 13.0 Å². The molecule has 6 nitrogen and oxygen atoms in total. The van der Waals surface area contributed by atoms with Gasteiger partial charge >= 0.3 is 5.97 Å². The summed E-state index contributed by atoms with van der Waals surface area (Å²) in [6, 6.07) is 11.6. The van der Waals surface area contributed by atoms with Gasteiger partial charge in [0.05, 0.1) is 25.8 Å². The Hall–Kier alpha value is -2.73. The standard InChI is InChI=1S/C19H20ClNO5/c1-12(13-4-6-15(20)7-5-13)21-18(22)11-26-19(23)14-8-16(24-2)10-17(9-14)25-3/h4-10,12H,11H2,1-3H3,(H,21,22)/t12-/m1/s1. The quantitative estimate of drug-likeness (QED) is 0.748. The van der Waals surface area contributed by atoms with E-state index in [1.54, 1.807) is 18.2 Å². The number of esters is 1. The van der Waals surface area contributed by atoms with Crippen LogP contribution in [0.2, 0.25) is 5.02 Å². The lowest BCUT2D eigenvalue weighted by atomic mass is 10.1. The molecular weight excluding hydrogens is 358 g/mol. The number of benzene rings is 2. The Morgan fingerprint density at radius 2 is 1.62 bits per heavy atom. The number of hydrogen-bond donors (Lipinski definition) is 1. The molecule has 0 bridgehead atoms. The van der Waals surface area contributed by atoms with Gasteiger partial charge in [0.2, 0.25) is 0 Å². The minimum atomic E-state index is -0.642. The molecule has 0 aliphatic heterocycles. The molecular formula is C19H20ClNO5. The van der Waals surface area contributed by atoms with Crippen molar-refractivity contribution in [1.29, 1.82) is 0 Å². The number of hydrogen-bond acceptors (Lipinski definition) is 5. The van der Waals surface area contributed by atoms with Gasteiger partial charge in [-0.05, 0) is 36.8 Å². The molecule has 0 heterocycles. The predicted molar refractivity (Wildman–Crippen MR) is 97.8 cm³/mol. The topological polar surface area (TPSA) is 73.9 Å². The van der Waals surface area contributed by atoms with E-state index in [0.29, 0.717) is 16.5 Å². The second-order valence-electron chi connectivity index (χ2n) is 5.52. The van der Waals surface area contributed by atoms with Crippen molar-refractivity contribution in [2.75, 3.05) is 20.8 Å². The summed E-state index contributed by atoms with van der Waals surface area (Å²) in [5.74, 6) is -0.138. The van der Waals surface area contributed by atoms with E-state index in [1.165, 1.54) is 26.4 Å². The zero-order valence-electron chi connectivity index (χ0n) is 14.7. The molecule has 0 aliphatic rings. The van der Waals surface area contributed by atoms with Crippen LogP contribution in [-0.2, 0) is 9.53 Å². The fourth-order valence-electron chi connectivity index (χ4n) is 2.26. The van der Waals surface area contributed by atoms with Crippen LogP contribution in [-0.4, -0.2) is 32.7 Å². The van der Waals surface area contributed by atoms with E-state index in [-0.39, 0.29) is 11.6 Å². The van der Waals surface area contributed by atoms with E-state index >= 15 is 0 Å². The Bertz CT molecular complexity index is 754. The molecule has 0 saturated heterocycles. The summed E-state index contributed by atoms with van der Waals surface area (Å²) in [7, 11) is 2.96. The van der Waals surface area contributed by atoms with Gasteiger partial charge in [-0.3, -0.25) is 4.79 Å². The molecule has 138 valence electrons. The van der Waals surface area contributed by atoms with E-state index in [1.807, 2.05) is 19.1 Å². The molecule has 0 spiro atoms. The third-order valence-electron chi connectivity index (χ3n) is 3.67. The third kappa shape index (κ3) is 5.39. The van der Waals surface area contributed by atoms with Gasteiger partial charge < -0.3 is 19.5 Å². The second kappa shape index (κ2) is 9.10. The number of methoxy groups -OCH3 is 2. The van der Waals surface area contributed by atoms with Crippen LogP contribution < -0.4 is 14.8 Å². The van der Waals surface area contributed by atoms with Gasteiger partial charge in [0.25, 0.3) is 5.91 Å². The monoisotopic (exact) mass is 377 g/mol. The first-order valence-corrected chi connectivity index (χ1v) is 8.25. The Kier molecular flexibility index (Phi) is 6.86. The molecule has 0 unspecified atom stereocenters. The van der Waals surface area contributed by atoms with Crippen LogP contribution in [0.5, 0.6) is 11.5 Å². The SMILES string of the molecule is COc1cc(OC)cc(C(=O)OCC(=O)N[C@H](C)c2ccc(Cl)cc2)c1. The lowest BCUT2D eigenvalue weighted by Crippen LogP contribution is -2.31. The predicted octanol–water partition coefficient (Wildman–Crippen LogP) is 3.39. The maximum absolute atomic E-state index is 12.2. The molecule has 0 saturated carbocycles. The second-order valence-corrected chi connectivity index (χ2v) is 5.95. The number of rotatable bonds is 7. The highest BCUT2D eigenvalue weighted by molar-refractivity contribution is 6.30. The summed E-state index contributed by atoms with van der Waals surface area (Å²) in [4.78, 5) is 24.2. The maximum Gasteiger partial charge on any atom is 0.338 e. The van der Waals surface area contributed by atoms with E-state index in [0.717, 1.165) is 5.56 Å². The molecule has 2 aromatic rings. The van der Waals surface area contributed by atoms with Crippen molar-refractivity contribution in [2.24, 2.45) is 0 Å². The summed E-state index contributed by atoms with van der Waals surface area (Å²) in [6.07, 6.45) is 0. The summed E-state index contributed by atoms with van der Waals surface area (Å²) in [6.45, 7) is 1.44. The molecule has 0 aromatic heterocycles. The third-order valence-corrected chi connectivity index (χ3v) is 3.92. The number of carbonyl (C=O) groups is 2. The number of amides is 1. The number of ether oxygens (including phenoxy) is 3. The van der Waals surface area contributed by atoms with Gasteiger partial charge in [0.1, 0.15) is 11.5 Å². The number of carbonyl (C=O) groups excluding carboxylic acids is 2. The van der Waals surface area contributed by atoms with Crippen LogP contribution in [0.15, 0.2) is 42.5 Å². The molecule has 2 aromatic carbocycles. The number of halogens is 1. The minimum Gasteiger partial charge on any atom is -0.497 e. The van der Waals surface area contributed by atoms with Gasteiger partial charge in [-0.25, -0.2) is 4.79 Å². The lowest BCUT2D eigenvalue weighted by Gasteiger charge is -2.14. The van der Waals surface area contributed by atoms with Crippen molar-refractivity contribution in [3.63, 3.8) is 0 Å². The highest BCUT2D eigenvalue weighted by atomic mass is 35.5. The Morgan fingerprint density at radius 1 is 1.04 bits per heavy atom. The van der Waals surface area contributed by atoms with Crippen molar-refractivity contribution in [3.05, 3.63) is 58.6 Å². The zero-order valence-corrected chi connectivity index (χ0v) is 15.5. The molecule has 0 fully saturated rings. The van der Waals surface area contributed by atoms with E-state index in [4.69, 9.17) is 25.8 Å². The van der Waals surface area contributed by atoms with E-state index < -0.39 is 18.5 Å².